The van der Waals surface area contributed by atoms with E-state index >= 15 is 0 Å². The molecule has 1 rings (SSSR count). The van der Waals surface area contributed by atoms with Gasteiger partial charge in [-0.05, 0) is 24.7 Å². The molecule has 0 bridgehead atoms. The molecule has 1 aliphatic rings. The van der Waals surface area contributed by atoms with Crippen LogP contribution in [-0.2, 0) is 4.79 Å². The fourth-order valence-corrected chi connectivity index (χ4v) is 3.08. The molecule has 100 valence electrons. The summed E-state index contributed by atoms with van der Waals surface area (Å²) in [7, 11) is 0. The molecule has 2 nitrogen and oxygen atoms in total. The van der Waals surface area contributed by atoms with Gasteiger partial charge in [0.15, 0.2) is 0 Å². The van der Waals surface area contributed by atoms with Crippen molar-refractivity contribution in [3.8, 4) is 0 Å². The molecule has 17 heavy (non-hydrogen) atoms. The molecule has 0 radical (unpaired) electrons. The van der Waals surface area contributed by atoms with E-state index in [-0.39, 0.29) is 5.91 Å². The highest BCUT2D eigenvalue weighted by Crippen LogP contribution is 2.29. The molecule has 0 heterocycles. The van der Waals surface area contributed by atoms with Crippen LogP contribution in [0.2, 0.25) is 0 Å². The van der Waals surface area contributed by atoms with Crippen molar-refractivity contribution in [3.63, 3.8) is 0 Å². The smallest absolute Gasteiger partial charge is 0.217 e. The van der Waals surface area contributed by atoms with Crippen LogP contribution < -0.4 is 5.32 Å². The Bertz CT molecular complexity index is 221. The van der Waals surface area contributed by atoms with E-state index in [1.165, 1.54) is 44.9 Å². The van der Waals surface area contributed by atoms with Crippen LogP contribution >= 0.6 is 0 Å². The topological polar surface area (TPSA) is 29.1 Å². The predicted molar refractivity (Wildman–Crippen MR) is 72.9 cm³/mol. The van der Waals surface area contributed by atoms with E-state index in [1.807, 2.05) is 0 Å². The third-order valence-corrected chi connectivity index (χ3v) is 4.27. The second kappa shape index (κ2) is 7.73. The number of rotatable bonds is 6. The van der Waals surface area contributed by atoms with Gasteiger partial charge in [-0.25, -0.2) is 0 Å². The minimum Gasteiger partial charge on any atom is -0.353 e. The predicted octanol–water partition coefficient (Wildman–Crippen LogP) is 3.90. The molecule has 1 aliphatic carbocycles. The third-order valence-electron chi connectivity index (χ3n) is 4.27. The van der Waals surface area contributed by atoms with Gasteiger partial charge in [-0.3, -0.25) is 4.79 Å². The number of nitrogens with one attached hydrogen (secondary N) is 1. The Morgan fingerprint density at radius 1 is 1.29 bits per heavy atom. The van der Waals surface area contributed by atoms with Crippen molar-refractivity contribution < 1.29 is 4.79 Å². The van der Waals surface area contributed by atoms with Crippen molar-refractivity contribution in [1.82, 2.24) is 5.32 Å². The van der Waals surface area contributed by atoms with Crippen LogP contribution in [0.25, 0.3) is 0 Å². The van der Waals surface area contributed by atoms with Crippen LogP contribution in [0.4, 0.5) is 0 Å². The Balaban J connectivity index is 2.25. The summed E-state index contributed by atoms with van der Waals surface area (Å²) in [4.78, 5) is 11.1. The molecule has 0 saturated heterocycles. The van der Waals surface area contributed by atoms with Crippen LogP contribution in [-0.4, -0.2) is 11.9 Å². The SMILES string of the molecule is CCC(NC(C)=O)C(C)CCC1CCCCC1. The van der Waals surface area contributed by atoms with Crippen LogP contribution in [0.1, 0.15) is 72.1 Å². The van der Waals surface area contributed by atoms with Gasteiger partial charge >= 0.3 is 0 Å². The maximum Gasteiger partial charge on any atom is 0.217 e. The van der Waals surface area contributed by atoms with Gasteiger partial charge in [-0.2, -0.15) is 0 Å². The van der Waals surface area contributed by atoms with Gasteiger partial charge < -0.3 is 5.32 Å². The van der Waals surface area contributed by atoms with Crippen molar-refractivity contribution in [2.75, 3.05) is 0 Å². The summed E-state index contributed by atoms with van der Waals surface area (Å²) in [6, 6.07) is 0.371. The van der Waals surface area contributed by atoms with Crippen molar-refractivity contribution in [2.45, 2.75) is 78.2 Å². The maximum absolute atomic E-state index is 11.1. The van der Waals surface area contributed by atoms with E-state index in [4.69, 9.17) is 0 Å². The van der Waals surface area contributed by atoms with E-state index in [0.717, 1.165) is 12.3 Å². The van der Waals surface area contributed by atoms with E-state index in [9.17, 15) is 4.79 Å². The van der Waals surface area contributed by atoms with Gasteiger partial charge in [0.25, 0.3) is 0 Å². The molecule has 1 N–H and O–H groups in total. The van der Waals surface area contributed by atoms with Gasteiger partial charge in [0.2, 0.25) is 5.91 Å². The molecule has 2 unspecified atom stereocenters. The Morgan fingerprint density at radius 3 is 2.47 bits per heavy atom. The first-order valence-corrected chi connectivity index (χ1v) is 7.40. The third kappa shape index (κ3) is 5.56. The summed E-state index contributed by atoms with van der Waals surface area (Å²) >= 11 is 0. The molecule has 0 aliphatic heterocycles. The van der Waals surface area contributed by atoms with Crippen molar-refractivity contribution >= 4 is 5.91 Å². The second-order valence-corrected chi connectivity index (χ2v) is 5.77. The fraction of sp³-hybridized carbons (Fsp3) is 0.933. The van der Waals surface area contributed by atoms with Gasteiger partial charge in [0.05, 0.1) is 0 Å². The summed E-state index contributed by atoms with van der Waals surface area (Å²) in [5, 5.41) is 3.08. The quantitative estimate of drug-likeness (QED) is 0.748. The lowest BCUT2D eigenvalue weighted by Crippen LogP contribution is -2.37. The first-order chi connectivity index (χ1) is 8.13. The van der Waals surface area contributed by atoms with E-state index in [2.05, 4.69) is 19.2 Å². The molecule has 1 saturated carbocycles. The molecule has 2 atom stereocenters. The Hall–Kier alpha value is -0.530. The molecule has 0 aromatic rings. The Labute approximate surface area is 107 Å². The second-order valence-electron chi connectivity index (χ2n) is 5.77. The van der Waals surface area contributed by atoms with E-state index < -0.39 is 0 Å². The average Bonchev–Trinajstić information content (AvgIpc) is 2.34. The molecular formula is C15H29NO. The van der Waals surface area contributed by atoms with E-state index in [0.29, 0.717) is 12.0 Å². The number of carbonyl (C=O) groups is 1. The van der Waals surface area contributed by atoms with Crippen LogP contribution in [0.15, 0.2) is 0 Å². The van der Waals surface area contributed by atoms with Gasteiger partial charge in [-0.1, -0.05) is 52.4 Å². The van der Waals surface area contributed by atoms with Crippen molar-refractivity contribution in [1.29, 1.82) is 0 Å². The molecule has 2 heteroatoms. The first kappa shape index (κ1) is 14.5. The summed E-state index contributed by atoms with van der Waals surface area (Å²) in [5.74, 6) is 1.69. The molecular weight excluding hydrogens is 210 g/mol. The van der Waals surface area contributed by atoms with Crippen LogP contribution in [0.5, 0.6) is 0 Å². The van der Waals surface area contributed by atoms with E-state index in [1.54, 1.807) is 6.92 Å². The lowest BCUT2D eigenvalue weighted by molar-refractivity contribution is -0.120. The molecule has 0 spiro atoms. The minimum absolute atomic E-state index is 0.112. The highest BCUT2D eigenvalue weighted by atomic mass is 16.1. The molecule has 0 aromatic heterocycles. The lowest BCUT2D eigenvalue weighted by Gasteiger charge is -2.27. The highest BCUT2D eigenvalue weighted by Gasteiger charge is 2.19. The maximum atomic E-state index is 11.1. The largest absolute Gasteiger partial charge is 0.353 e. The van der Waals surface area contributed by atoms with Crippen molar-refractivity contribution in [2.24, 2.45) is 11.8 Å². The minimum atomic E-state index is 0.112. The summed E-state index contributed by atoms with van der Waals surface area (Å²) in [6.45, 7) is 6.07. The zero-order valence-corrected chi connectivity index (χ0v) is 11.8. The highest BCUT2D eigenvalue weighted by molar-refractivity contribution is 5.73. The van der Waals surface area contributed by atoms with Gasteiger partial charge in [0.1, 0.15) is 0 Å². The Kier molecular flexibility index (Phi) is 6.61. The number of amides is 1. The molecule has 1 fully saturated rings. The Morgan fingerprint density at radius 2 is 1.94 bits per heavy atom. The monoisotopic (exact) mass is 239 g/mol. The normalized spacial score (nSPS) is 20.9. The average molecular weight is 239 g/mol. The van der Waals surface area contributed by atoms with Crippen LogP contribution in [0.3, 0.4) is 0 Å². The van der Waals surface area contributed by atoms with Gasteiger partial charge in [-0.15, -0.1) is 0 Å². The van der Waals surface area contributed by atoms with Crippen LogP contribution in [0, 0.1) is 11.8 Å². The summed E-state index contributed by atoms with van der Waals surface area (Å²) in [6.07, 6.45) is 10.8. The summed E-state index contributed by atoms with van der Waals surface area (Å²) in [5.41, 5.74) is 0. The van der Waals surface area contributed by atoms with Crippen molar-refractivity contribution in [3.05, 3.63) is 0 Å². The lowest BCUT2D eigenvalue weighted by atomic mass is 9.83. The first-order valence-electron chi connectivity index (χ1n) is 7.40. The fourth-order valence-electron chi connectivity index (χ4n) is 3.08. The standard InChI is InChI=1S/C15H29NO/c1-4-15(16-13(3)17)12(2)10-11-14-8-6-5-7-9-14/h12,14-15H,4-11H2,1-3H3,(H,16,17). The zero-order chi connectivity index (χ0) is 12.7. The molecule has 1 amide bonds. The number of hydrogen-bond acceptors (Lipinski definition) is 1. The number of hydrogen-bond donors (Lipinski definition) is 1. The summed E-state index contributed by atoms with van der Waals surface area (Å²) < 4.78 is 0. The molecule has 0 aromatic carbocycles. The number of carbonyl (C=O) groups excluding carboxylic acids is 1. The van der Waals surface area contributed by atoms with Gasteiger partial charge in [0, 0.05) is 13.0 Å². The zero-order valence-electron chi connectivity index (χ0n) is 11.8.